The number of rotatable bonds is 12. The zero-order valence-corrected chi connectivity index (χ0v) is 23.6. The van der Waals surface area contributed by atoms with Gasteiger partial charge in [-0.2, -0.15) is 107 Å². The predicted molar refractivity (Wildman–Crippen MR) is 148 cm³/mol. The van der Waals surface area contributed by atoms with Crippen LogP contribution in [0.4, 0.5) is 0 Å². The Kier molecular flexibility index (Phi) is 24.2. The molecule has 0 N–H and O–H groups in total. The van der Waals surface area contributed by atoms with Gasteiger partial charge in [0.2, 0.25) is 0 Å². The molecule has 5 heteroatoms. The van der Waals surface area contributed by atoms with Crippen LogP contribution >= 0.6 is 35.3 Å². The van der Waals surface area contributed by atoms with Crippen molar-refractivity contribution in [2.75, 3.05) is 34.5 Å². The SMILES string of the molecule is [Fe].[Fe].c1cc[c-](CCSCCSCCSCC[c-]2cccc2)c1.c1cc[cH-]c1.c1cc[cH-]c1. The molecule has 0 saturated heterocycles. The fourth-order valence-corrected chi connectivity index (χ4v) is 5.98. The molecular weight excluding hydrogens is 544 g/mol. The first-order chi connectivity index (χ1) is 15.4. The maximum atomic E-state index is 2.22. The molecule has 0 saturated carbocycles. The van der Waals surface area contributed by atoms with E-state index in [1.807, 2.05) is 60.7 Å². The first-order valence-corrected chi connectivity index (χ1v) is 14.4. The van der Waals surface area contributed by atoms with Crippen LogP contribution in [0, 0.1) is 0 Å². The van der Waals surface area contributed by atoms with Gasteiger partial charge in [-0.25, -0.2) is 48.5 Å². The average Bonchev–Trinajstić information content (AvgIpc) is 3.63. The van der Waals surface area contributed by atoms with Crippen molar-refractivity contribution in [1.82, 2.24) is 0 Å². The molecule has 0 unspecified atom stereocenters. The zero-order chi connectivity index (χ0) is 21.7. The number of aryl methyl sites for hydroxylation is 2. The molecule has 0 amide bonds. The van der Waals surface area contributed by atoms with Gasteiger partial charge in [-0.05, 0) is 11.5 Å². The van der Waals surface area contributed by atoms with Crippen molar-refractivity contribution < 1.29 is 34.1 Å². The smallest absolute Gasteiger partial charge is 0.00238 e. The van der Waals surface area contributed by atoms with Crippen LogP contribution in [0.2, 0.25) is 0 Å². The van der Waals surface area contributed by atoms with Crippen LogP contribution in [0.3, 0.4) is 0 Å². The summed E-state index contributed by atoms with van der Waals surface area (Å²) in [6.07, 6.45) is 2.44. The molecule has 4 aromatic rings. The van der Waals surface area contributed by atoms with Crippen LogP contribution in [-0.4, -0.2) is 34.5 Å². The molecule has 0 aliphatic carbocycles. The molecule has 4 aromatic carbocycles. The number of hydrogen-bond acceptors (Lipinski definition) is 3. The van der Waals surface area contributed by atoms with E-state index in [1.54, 1.807) is 0 Å². The Balaban J connectivity index is 0.000000701. The minimum Gasteiger partial charge on any atom is -0.214 e. The summed E-state index contributed by atoms with van der Waals surface area (Å²) in [4.78, 5) is 0. The van der Waals surface area contributed by atoms with Gasteiger partial charge in [0.1, 0.15) is 0 Å². The fourth-order valence-electron chi connectivity index (χ4n) is 2.72. The third kappa shape index (κ3) is 19.5. The second-order valence-corrected chi connectivity index (χ2v) is 10.5. The molecule has 0 radical (unpaired) electrons. The molecule has 0 fully saturated rings. The largest absolute Gasteiger partial charge is 0.214 e. The summed E-state index contributed by atoms with van der Waals surface area (Å²) >= 11 is 6.29. The molecular formula is C28H34Fe2S3-4. The van der Waals surface area contributed by atoms with Crippen molar-refractivity contribution in [2.24, 2.45) is 0 Å². The van der Waals surface area contributed by atoms with Gasteiger partial charge >= 0.3 is 0 Å². The Morgan fingerprint density at radius 1 is 0.424 bits per heavy atom. The second kappa shape index (κ2) is 24.6. The van der Waals surface area contributed by atoms with E-state index in [0.29, 0.717) is 0 Å². The van der Waals surface area contributed by atoms with Crippen LogP contribution in [0.5, 0.6) is 0 Å². The van der Waals surface area contributed by atoms with Crippen molar-refractivity contribution in [3.05, 3.63) is 120 Å². The average molecular weight is 578 g/mol. The summed E-state index contributed by atoms with van der Waals surface area (Å²) in [5, 5.41) is 0. The van der Waals surface area contributed by atoms with Gasteiger partial charge < -0.3 is 0 Å². The van der Waals surface area contributed by atoms with Gasteiger partial charge in [0.25, 0.3) is 0 Å². The maximum Gasteiger partial charge on any atom is 0.00238 e. The van der Waals surface area contributed by atoms with E-state index in [4.69, 9.17) is 0 Å². The van der Waals surface area contributed by atoms with Crippen LogP contribution in [0.25, 0.3) is 0 Å². The summed E-state index contributed by atoms with van der Waals surface area (Å²) in [7, 11) is 0. The van der Waals surface area contributed by atoms with Crippen molar-refractivity contribution >= 4 is 35.3 Å². The summed E-state index contributed by atoms with van der Waals surface area (Å²) in [6, 6.07) is 37.4. The van der Waals surface area contributed by atoms with Crippen molar-refractivity contribution in [1.29, 1.82) is 0 Å². The molecule has 0 spiro atoms. The van der Waals surface area contributed by atoms with Crippen molar-refractivity contribution in [2.45, 2.75) is 12.8 Å². The molecule has 33 heavy (non-hydrogen) atoms. The van der Waals surface area contributed by atoms with E-state index < -0.39 is 0 Å². The Morgan fingerprint density at radius 3 is 1.00 bits per heavy atom. The Bertz CT molecular complexity index is 674. The zero-order valence-electron chi connectivity index (χ0n) is 19.0. The van der Waals surface area contributed by atoms with E-state index in [2.05, 4.69) is 83.8 Å². The minimum atomic E-state index is 0. The Labute approximate surface area is 235 Å². The Hall–Kier alpha value is -0.511. The normalized spacial score (nSPS) is 9.45. The summed E-state index contributed by atoms with van der Waals surface area (Å²) < 4.78 is 0. The molecule has 184 valence electrons. The van der Waals surface area contributed by atoms with Gasteiger partial charge in [-0.1, -0.05) is 12.8 Å². The van der Waals surface area contributed by atoms with E-state index in [1.165, 1.54) is 58.5 Å². The third-order valence-electron chi connectivity index (χ3n) is 4.39. The molecule has 0 aliphatic rings. The van der Waals surface area contributed by atoms with Crippen LogP contribution in [0.1, 0.15) is 11.1 Å². The van der Waals surface area contributed by atoms with E-state index in [0.717, 1.165) is 0 Å². The first kappa shape index (κ1) is 32.5. The van der Waals surface area contributed by atoms with E-state index in [9.17, 15) is 0 Å². The monoisotopic (exact) mass is 578 g/mol. The van der Waals surface area contributed by atoms with Gasteiger partial charge in [-0.15, -0.1) is 0 Å². The molecule has 0 atom stereocenters. The predicted octanol–water partition coefficient (Wildman–Crippen LogP) is 7.92. The first-order valence-electron chi connectivity index (χ1n) is 10.9. The molecule has 0 nitrogen and oxygen atoms in total. The number of hydrogen-bond donors (Lipinski definition) is 0. The standard InChI is InChI=1S/C18H24S3.2C5H5.2Fe/c1-2-6-17(5-1)9-11-19-13-15-21-16-14-20-12-10-18-7-3-4-8-18;2*1-2-4-5-3-1;;/h1-8H,9-16H2;2*1-5H;;/q-2;2*-1;;. The topological polar surface area (TPSA) is 0 Å². The minimum absolute atomic E-state index is 0. The van der Waals surface area contributed by atoms with Gasteiger partial charge in [0.05, 0.1) is 0 Å². The van der Waals surface area contributed by atoms with Crippen molar-refractivity contribution in [3.8, 4) is 0 Å². The molecule has 0 aromatic heterocycles. The van der Waals surface area contributed by atoms with Crippen LogP contribution in [-0.2, 0) is 47.0 Å². The molecule has 0 aliphatic heterocycles. The summed E-state index contributed by atoms with van der Waals surface area (Å²) in [5.41, 5.74) is 2.97. The summed E-state index contributed by atoms with van der Waals surface area (Å²) in [6.45, 7) is 0. The Morgan fingerprint density at radius 2 is 0.727 bits per heavy atom. The maximum absolute atomic E-state index is 2.22. The van der Waals surface area contributed by atoms with E-state index >= 15 is 0 Å². The molecule has 4 rings (SSSR count). The fraction of sp³-hybridized carbons (Fsp3) is 0.286. The summed E-state index contributed by atoms with van der Waals surface area (Å²) in [5.74, 6) is 7.72. The van der Waals surface area contributed by atoms with Gasteiger partial charge in [0.15, 0.2) is 0 Å². The molecule has 0 bridgehead atoms. The van der Waals surface area contributed by atoms with Crippen molar-refractivity contribution in [3.63, 3.8) is 0 Å². The van der Waals surface area contributed by atoms with Gasteiger partial charge in [-0.3, -0.25) is 0 Å². The van der Waals surface area contributed by atoms with E-state index in [-0.39, 0.29) is 34.1 Å². The second-order valence-electron chi connectivity index (χ2n) is 6.85. The quantitative estimate of drug-likeness (QED) is 0.0953. The van der Waals surface area contributed by atoms with Crippen LogP contribution < -0.4 is 0 Å². The third-order valence-corrected chi connectivity index (χ3v) is 7.86. The van der Waals surface area contributed by atoms with Crippen LogP contribution in [0.15, 0.2) is 109 Å². The number of thioether (sulfide) groups is 3. The molecule has 0 heterocycles. The van der Waals surface area contributed by atoms with Gasteiger partial charge in [0, 0.05) is 57.1 Å².